The maximum absolute atomic E-state index is 14.5. The van der Waals surface area contributed by atoms with Gasteiger partial charge in [-0.25, -0.2) is 9.37 Å². The summed E-state index contributed by atoms with van der Waals surface area (Å²) < 4.78 is 20.0. The molecule has 1 unspecified atom stereocenters. The molecule has 2 N–H and O–H groups in total. The van der Waals surface area contributed by atoms with Gasteiger partial charge in [0.25, 0.3) is 0 Å². The van der Waals surface area contributed by atoms with Gasteiger partial charge in [0.1, 0.15) is 22.1 Å². The number of aryl methyl sites for hydroxylation is 4. The molecule has 0 bridgehead atoms. The van der Waals surface area contributed by atoms with Crippen LogP contribution in [0.4, 0.5) is 4.39 Å². The molecule has 3 nitrogen and oxygen atoms in total. The van der Waals surface area contributed by atoms with Gasteiger partial charge in [-0.05, 0) is 80.5 Å². The highest BCUT2D eigenvalue weighted by molar-refractivity contribution is 7.12. The highest BCUT2D eigenvalue weighted by Gasteiger charge is 2.42. The Balaban J connectivity index is 1.81. The van der Waals surface area contributed by atoms with Crippen LogP contribution in [0.25, 0.3) is 11.3 Å². The van der Waals surface area contributed by atoms with E-state index in [1.807, 2.05) is 32.0 Å². The quantitative estimate of drug-likeness (QED) is 0.404. The van der Waals surface area contributed by atoms with Crippen LogP contribution >= 0.6 is 11.3 Å². The Kier molecular flexibility index (Phi) is 6.35. The van der Waals surface area contributed by atoms with Gasteiger partial charge in [-0.3, -0.25) is 0 Å². The third-order valence-electron chi connectivity index (χ3n) is 6.80. The number of thiazole rings is 1. The minimum atomic E-state index is -1.12. The summed E-state index contributed by atoms with van der Waals surface area (Å²) in [5.74, 6) is 3.87. The molecule has 172 valence electrons. The number of hydrogen-bond acceptors (Lipinski definition) is 4. The number of benzene rings is 2. The van der Waals surface area contributed by atoms with Crippen LogP contribution in [0.5, 0.6) is 5.75 Å². The minimum Gasteiger partial charge on any atom is -0.496 e. The summed E-state index contributed by atoms with van der Waals surface area (Å²) in [5, 5.41) is 0.706. The second kappa shape index (κ2) is 8.93. The van der Waals surface area contributed by atoms with Crippen molar-refractivity contribution in [3.63, 3.8) is 0 Å². The van der Waals surface area contributed by atoms with Crippen molar-refractivity contribution in [1.29, 1.82) is 0 Å². The lowest BCUT2D eigenvalue weighted by molar-refractivity contribution is 0.408. The van der Waals surface area contributed by atoms with Crippen LogP contribution in [-0.2, 0) is 5.54 Å². The lowest BCUT2D eigenvalue weighted by Crippen LogP contribution is -2.42. The summed E-state index contributed by atoms with van der Waals surface area (Å²) in [4.78, 5) is 6.07. The Hall–Kier alpha value is -2.68. The maximum Gasteiger partial charge on any atom is 0.136 e. The summed E-state index contributed by atoms with van der Waals surface area (Å²) in [7, 11) is 1.68. The number of methoxy groups -OCH3 is 1. The van der Waals surface area contributed by atoms with E-state index >= 15 is 0 Å². The molecule has 33 heavy (non-hydrogen) atoms. The maximum atomic E-state index is 14.5. The Morgan fingerprint density at radius 2 is 1.91 bits per heavy atom. The summed E-state index contributed by atoms with van der Waals surface area (Å²) in [5.41, 5.74) is 11.4. The normalized spacial score (nSPS) is 16.2. The van der Waals surface area contributed by atoms with Gasteiger partial charge in [0, 0.05) is 16.4 Å². The number of nitrogens with zero attached hydrogens (tertiary/aromatic N) is 1. The van der Waals surface area contributed by atoms with E-state index in [0.29, 0.717) is 16.5 Å². The number of halogens is 1. The van der Waals surface area contributed by atoms with E-state index in [0.717, 1.165) is 57.8 Å². The lowest BCUT2D eigenvalue weighted by Gasteiger charge is -2.32. The fourth-order valence-corrected chi connectivity index (χ4v) is 5.55. The second-order valence-electron chi connectivity index (χ2n) is 9.31. The van der Waals surface area contributed by atoms with Gasteiger partial charge in [0.15, 0.2) is 0 Å². The van der Waals surface area contributed by atoms with Crippen LogP contribution in [0.3, 0.4) is 0 Å². The van der Waals surface area contributed by atoms with Crippen molar-refractivity contribution in [1.82, 2.24) is 4.98 Å². The Morgan fingerprint density at radius 1 is 1.18 bits per heavy atom. The molecule has 0 amide bonds. The van der Waals surface area contributed by atoms with Crippen molar-refractivity contribution in [3.05, 3.63) is 68.3 Å². The van der Waals surface area contributed by atoms with Crippen molar-refractivity contribution in [2.45, 2.75) is 58.4 Å². The standard InChI is InChI=1S/C28H31FN2OS/c1-7-28(30,23(14-20-9-10-20)21-11-8-16(2)24(29)15-21)27-31-26(19(5)33-27)22-12-18(4)25(32-6)13-17(22)3/h1,8,11-13,15,20,23H,9-10,14,30H2,2-6H3/t23-,28?/m0/s1. The molecular formula is C28H31FN2OS. The van der Waals surface area contributed by atoms with E-state index in [1.54, 1.807) is 20.1 Å². The lowest BCUT2D eigenvalue weighted by atomic mass is 9.77. The largest absolute Gasteiger partial charge is 0.496 e. The first-order chi connectivity index (χ1) is 15.7. The Labute approximate surface area is 200 Å². The monoisotopic (exact) mass is 462 g/mol. The average molecular weight is 463 g/mol. The Morgan fingerprint density at radius 3 is 2.52 bits per heavy atom. The second-order valence-corrected chi connectivity index (χ2v) is 10.5. The van der Waals surface area contributed by atoms with Gasteiger partial charge in [-0.15, -0.1) is 17.8 Å². The summed E-state index contributed by atoms with van der Waals surface area (Å²) in [6.45, 7) is 7.89. The van der Waals surface area contributed by atoms with Crippen LogP contribution < -0.4 is 10.5 Å². The molecule has 2 atom stereocenters. The number of nitrogens with two attached hydrogens (primary N) is 1. The van der Waals surface area contributed by atoms with Gasteiger partial charge < -0.3 is 10.5 Å². The van der Waals surface area contributed by atoms with E-state index < -0.39 is 5.54 Å². The minimum absolute atomic E-state index is 0.206. The number of rotatable bonds is 7. The fourth-order valence-electron chi connectivity index (χ4n) is 4.50. The number of aromatic nitrogens is 1. The molecule has 4 rings (SSSR count). The van der Waals surface area contributed by atoms with Crippen molar-refractivity contribution in [2.24, 2.45) is 11.7 Å². The smallest absolute Gasteiger partial charge is 0.136 e. The highest BCUT2D eigenvalue weighted by atomic mass is 32.1. The Bertz CT molecular complexity index is 1240. The molecule has 1 heterocycles. The highest BCUT2D eigenvalue weighted by Crippen LogP contribution is 2.47. The fraction of sp³-hybridized carbons (Fsp3) is 0.393. The van der Waals surface area contributed by atoms with Gasteiger partial charge >= 0.3 is 0 Å². The molecule has 0 aliphatic heterocycles. The molecule has 1 saturated carbocycles. The van der Waals surface area contributed by atoms with Crippen LogP contribution in [0.1, 0.15) is 57.3 Å². The van der Waals surface area contributed by atoms with Gasteiger partial charge in [-0.1, -0.05) is 30.9 Å². The molecule has 0 saturated heterocycles. The predicted molar refractivity (Wildman–Crippen MR) is 134 cm³/mol. The molecule has 3 aromatic rings. The molecule has 1 fully saturated rings. The van der Waals surface area contributed by atoms with Gasteiger partial charge in [0.2, 0.25) is 0 Å². The van der Waals surface area contributed by atoms with E-state index in [1.165, 1.54) is 11.3 Å². The summed E-state index contributed by atoms with van der Waals surface area (Å²) in [6.07, 6.45) is 9.27. The zero-order valence-corrected chi connectivity index (χ0v) is 20.8. The number of ether oxygens (including phenoxy) is 1. The molecule has 1 aromatic heterocycles. The van der Waals surface area contributed by atoms with Crippen LogP contribution in [-0.4, -0.2) is 12.1 Å². The van der Waals surface area contributed by atoms with Crippen LogP contribution in [0, 0.1) is 51.8 Å². The summed E-state index contributed by atoms with van der Waals surface area (Å²) >= 11 is 1.54. The number of terminal acetylenes is 1. The average Bonchev–Trinajstić information content (AvgIpc) is 3.54. The zero-order chi connectivity index (χ0) is 23.9. The molecule has 2 aromatic carbocycles. The van der Waals surface area contributed by atoms with Crippen LogP contribution in [0.2, 0.25) is 0 Å². The molecule has 1 aliphatic carbocycles. The van der Waals surface area contributed by atoms with Crippen molar-refractivity contribution < 1.29 is 9.13 Å². The molecule has 0 radical (unpaired) electrons. The van der Waals surface area contributed by atoms with E-state index in [2.05, 4.69) is 18.9 Å². The SMILES string of the molecule is C#CC(N)(c1nc(-c2cc(C)c(OC)cc2C)c(C)s1)[C@@H](CC1CC1)c1ccc(C)c(F)c1. The topological polar surface area (TPSA) is 48.1 Å². The van der Waals surface area contributed by atoms with Gasteiger partial charge in [-0.2, -0.15) is 0 Å². The first-order valence-corrected chi connectivity index (χ1v) is 12.2. The zero-order valence-electron chi connectivity index (χ0n) is 20.0. The predicted octanol–water partition coefficient (Wildman–Crippen LogP) is 6.56. The first kappa shape index (κ1) is 23.5. The molecular weight excluding hydrogens is 431 g/mol. The van der Waals surface area contributed by atoms with Crippen molar-refractivity contribution in [3.8, 4) is 29.4 Å². The molecule has 5 heteroatoms. The van der Waals surface area contributed by atoms with E-state index in [4.69, 9.17) is 21.9 Å². The van der Waals surface area contributed by atoms with Crippen molar-refractivity contribution in [2.75, 3.05) is 7.11 Å². The first-order valence-electron chi connectivity index (χ1n) is 11.3. The third-order valence-corrected chi connectivity index (χ3v) is 7.92. The number of hydrogen-bond donors (Lipinski definition) is 1. The van der Waals surface area contributed by atoms with Gasteiger partial charge in [0.05, 0.1) is 12.8 Å². The summed E-state index contributed by atoms with van der Waals surface area (Å²) in [6, 6.07) is 9.50. The van der Waals surface area contributed by atoms with E-state index in [-0.39, 0.29) is 11.7 Å². The van der Waals surface area contributed by atoms with Crippen LogP contribution in [0.15, 0.2) is 30.3 Å². The molecule has 0 spiro atoms. The van der Waals surface area contributed by atoms with Crippen molar-refractivity contribution >= 4 is 11.3 Å². The molecule has 1 aliphatic rings. The third kappa shape index (κ3) is 4.43. The van der Waals surface area contributed by atoms with E-state index in [9.17, 15) is 4.39 Å².